The highest BCUT2D eigenvalue weighted by molar-refractivity contribution is 7.91. The summed E-state index contributed by atoms with van der Waals surface area (Å²) in [5, 5.41) is 0. The predicted molar refractivity (Wildman–Crippen MR) is 77.0 cm³/mol. The Labute approximate surface area is 116 Å². The Morgan fingerprint density at radius 3 is 2.26 bits per heavy atom. The molecule has 0 aromatic heterocycles. The molecular formula is C15H22O3S. The van der Waals surface area contributed by atoms with Gasteiger partial charge in [0.25, 0.3) is 0 Å². The minimum atomic E-state index is -3.31. The van der Waals surface area contributed by atoms with Gasteiger partial charge in [0.05, 0.1) is 10.6 Å². The van der Waals surface area contributed by atoms with E-state index in [0.29, 0.717) is 16.9 Å². The van der Waals surface area contributed by atoms with Crippen LogP contribution in [0.3, 0.4) is 0 Å². The van der Waals surface area contributed by atoms with Crippen LogP contribution in [0.15, 0.2) is 29.2 Å². The first kappa shape index (κ1) is 15.9. The van der Waals surface area contributed by atoms with Crippen molar-refractivity contribution in [2.24, 2.45) is 5.92 Å². The standard InChI is InChI=1S/C15H22O3S/c1-5-10-19(17,18)14-9-7-6-8-13(14)15(11(2)3)12(4)16/h6-9,11,15H,5,10H2,1-4H3. The maximum atomic E-state index is 12.3. The maximum absolute atomic E-state index is 12.3. The summed E-state index contributed by atoms with van der Waals surface area (Å²) in [6, 6.07) is 6.87. The maximum Gasteiger partial charge on any atom is 0.178 e. The minimum Gasteiger partial charge on any atom is -0.299 e. The van der Waals surface area contributed by atoms with E-state index in [4.69, 9.17) is 0 Å². The monoisotopic (exact) mass is 282 g/mol. The lowest BCUT2D eigenvalue weighted by molar-refractivity contribution is -0.119. The summed E-state index contributed by atoms with van der Waals surface area (Å²) in [6.07, 6.45) is 0.573. The fraction of sp³-hybridized carbons (Fsp3) is 0.533. The lowest BCUT2D eigenvalue weighted by Gasteiger charge is -2.21. The average molecular weight is 282 g/mol. The fourth-order valence-corrected chi connectivity index (χ4v) is 4.04. The van der Waals surface area contributed by atoms with Crippen molar-refractivity contribution in [1.82, 2.24) is 0 Å². The van der Waals surface area contributed by atoms with Gasteiger partial charge in [-0.1, -0.05) is 39.0 Å². The van der Waals surface area contributed by atoms with E-state index in [1.54, 1.807) is 24.3 Å². The zero-order chi connectivity index (χ0) is 14.6. The molecule has 0 heterocycles. The van der Waals surface area contributed by atoms with Crippen molar-refractivity contribution in [3.63, 3.8) is 0 Å². The topological polar surface area (TPSA) is 51.2 Å². The van der Waals surface area contributed by atoms with Crippen molar-refractivity contribution in [2.45, 2.75) is 44.9 Å². The molecule has 0 radical (unpaired) electrons. The largest absolute Gasteiger partial charge is 0.299 e. The Morgan fingerprint density at radius 1 is 1.21 bits per heavy atom. The third-order valence-corrected chi connectivity index (χ3v) is 5.15. The van der Waals surface area contributed by atoms with Gasteiger partial charge in [-0.05, 0) is 30.9 Å². The van der Waals surface area contributed by atoms with E-state index in [-0.39, 0.29) is 23.4 Å². The van der Waals surface area contributed by atoms with E-state index in [2.05, 4.69) is 0 Å². The van der Waals surface area contributed by atoms with Crippen LogP contribution >= 0.6 is 0 Å². The van der Waals surface area contributed by atoms with Crippen LogP contribution in [-0.4, -0.2) is 20.0 Å². The van der Waals surface area contributed by atoms with Gasteiger partial charge in [0.15, 0.2) is 9.84 Å². The molecule has 0 amide bonds. The minimum absolute atomic E-state index is 0.00847. The Morgan fingerprint density at radius 2 is 1.79 bits per heavy atom. The second kappa shape index (κ2) is 6.33. The molecule has 0 spiro atoms. The van der Waals surface area contributed by atoms with Crippen LogP contribution in [0.4, 0.5) is 0 Å². The van der Waals surface area contributed by atoms with Gasteiger partial charge in [0.2, 0.25) is 0 Å². The number of carbonyl (C=O) groups is 1. The number of Topliss-reactive ketones (excluding diaryl/α,β-unsaturated/α-hetero) is 1. The number of benzene rings is 1. The summed E-state index contributed by atoms with van der Waals surface area (Å²) in [6.45, 7) is 7.24. The number of ketones is 1. The van der Waals surface area contributed by atoms with Crippen molar-refractivity contribution in [1.29, 1.82) is 0 Å². The summed E-state index contributed by atoms with van der Waals surface area (Å²) >= 11 is 0. The third kappa shape index (κ3) is 3.66. The van der Waals surface area contributed by atoms with Crippen molar-refractivity contribution in [3.05, 3.63) is 29.8 Å². The average Bonchev–Trinajstić information content (AvgIpc) is 2.28. The third-order valence-electron chi connectivity index (χ3n) is 3.17. The normalized spacial score (nSPS) is 13.5. The fourth-order valence-electron chi connectivity index (χ4n) is 2.45. The molecule has 0 saturated heterocycles. The van der Waals surface area contributed by atoms with E-state index < -0.39 is 9.84 Å². The van der Waals surface area contributed by atoms with Crippen LogP contribution in [-0.2, 0) is 14.6 Å². The van der Waals surface area contributed by atoms with Gasteiger partial charge in [0, 0.05) is 5.92 Å². The molecule has 0 bridgehead atoms. The van der Waals surface area contributed by atoms with E-state index in [0.717, 1.165) is 0 Å². The van der Waals surface area contributed by atoms with E-state index in [1.165, 1.54) is 6.92 Å². The molecule has 1 aromatic carbocycles. The molecule has 0 saturated carbocycles. The van der Waals surface area contributed by atoms with Gasteiger partial charge in [-0.3, -0.25) is 4.79 Å². The first-order valence-electron chi connectivity index (χ1n) is 6.63. The molecule has 106 valence electrons. The van der Waals surface area contributed by atoms with Gasteiger partial charge in [-0.2, -0.15) is 0 Å². The van der Waals surface area contributed by atoms with Crippen molar-refractivity contribution >= 4 is 15.6 Å². The Bertz CT molecular complexity index is 544. The molecule has 1 atom stereocenters. The molecule has 4 heteroatoms. The van der Waals surface area contributed by atoms with Crippen molar-refractivity contribution < 1.29 is 13.2 Å². The van der Waals surface area contributed by atoms with Gasteiger partial charge in [0.1, 0.15) is 5.78 Å². The molecule has 0 aliphatic heterocycles. The van der Waals surface area contributed by atoms with Crippen LogP contribution in [0.5, 0.6) is 0 Å². The van der Waals surface area contributed by atoms with Crippen LogP contribution in [0, 0.1) is 5.92 Å². The smallest absolute Gasteiger partial charge is 0.178 e. The highest BCUT2D eigenvalue weighted by Gasteiger charge is 2.27. The summed E-state index contributed by atoms with van der Waals surface area (Å²) in [5.41, 5.74) is 0.637. The Hall–Kier alpha value is -1.16. The highest BCUT2D eigenvalue weighted by Crippen LogP contribution is 2.31. The summed E-state index contributed by atoms with van der Waals surface area (Å²) in [5.74, 6) is -0.153. The summed E-state index contributed by atoms with van der Waals surface area (Å²) < 4.78 is 24.6. The Balaban J connectivity index is 3.41. The second-order valence-electron chi connectivity index (χ2n) is 5.19. The quantitative estimate of drug-likeness (QED) is 0.805. The van der Waals surface area contributed by atoms with Crippen LogP contribution in [0.2, 0.25) is 0 Å². The van der Waals surface area contributed by atoms with Gasteiger partial charge < -0.3 is 0 Å². The zero-order valence-corrected chi connectivity index (χ0v) is 12.8. The van der Waals surface area contributed by atoms with E-state index >= 15 is 0 Å². The van der Waals surface area contributed by atoms with Crippen molar-refractivity contribution in [2.75, 3.05) is 5.75 Å². The lowest BCUT2D eigenvalue weighted by atomic mass is 9.85. The predicted octanol–water partition coefficient (Wildman–Crippen LogP) is 3.20. The molecule has 0 fully saturated rings. The van der Waals surface area contributed by atoms with Gasteiger partial charge >= 0.3 is 0 Å². The number of carbonyl (C=O) groups excluding carboxylic acids is 1. The summed E-state index contributed by atoms with van der Waals surface area (Å²) in [4.78, 5) is 12.1. The zero-order valence-electron chi connectivity index (χ0n) is 12.0. The second-order valence-corrected chi connectivity index (χ2v) is 7.27. The molecule has 1 rings (SSSR count). The van der Waals surface area contributed by atoms with E-state index in [1.807, 2.05) is 20.8 Å². The summed E-state index contributed by atoms with van der Waals surface area (Å²) in [7, 11) is -3.31. The van der Waals surface area contributed by atoms with Crippen LogP contribution < -0.4 is 0 Å². The van der Waals surface area contributed by atoms with E-state index in [9.17, 15) is 13.2 Å². The molecule has 0 N–H and O–H groups in total. The first-order chi connectivity index (χ1) is 8.81. The molecule has 19 heavy (non-hydrogen) atoms. The molecular weight excluding hydrogens is 260 g/mol. The first-order valence-corrected chi connectivity index (χ1v) is 8.28. The van der Waals surface area contributed by atoms with Crippen molar-refractivity contribution in [3.8, 4) is 0 Å². The molecule has 1 aromatic rings. The Kier molecular flexibility index (Phi) is 5.29. The lowest BCUT2D eigenvalue weighted by Crippen LogP contribution is -2.19. The molecule has 3 nitrogen and oxygen atoms in total. The SMILES string of the molecule is CCCS(=O)(=O)c1ccccc1C(C(C)=O)C(C)C. The number of rotatable bonds is 6. The highest BCUT2D eigenvalue weighted by atomic mass is 32.2. The molecule has 0 aliphatic carbocycles. The number of sulfone groups is 1. The van der Waals surface area contributed by atoms with Crippen LogP contribution in [0.25, 0.3) is 0 Å². The molecule has 1 unspecified atom stereocenters. The van der Waals surface area contributed by atoms with Gasteiger partial charge in [-0.25, -0.2) is 8.42 Å². The number of hydrogen-bond donors (Lipinski definition) is 0. The number of hydrogen-bond acceptors (Lipinski definition) is 3. The van der Waals surface area contributed by atoms with Gasteiger partial charge in [-0.15, -0.1) is 0 Å². The van der Waals surface area contributed by atoms with Crippen LogP contribution in [0.1, 0.15) is 45.6 Å². The molecule has 0 aliphatic rings.